The van der Waals surface area contributed by atoms with E-state index in [0.717, 1.165) is 22.3 Å². The summed E-state index contributed by atoms with van der Waals surface area (Å²) in [5, 5.41) is 0. The average Bonchev–Trinajstić information content (AvgIpc) is 3.04. The number of ether oxygens (including phenoxy) is 5. The Hall–Kier alpha value is -3.85. The van der Waals surface area contributed by atoms with Crippen molar-refractivity contribution in [3.63, 3.8) is 0 Å². The molecule has 224 valence electrons. The number of carbonyl (C=O) groups is 1. The van der Waals surface area contributed by atoms with Crippen molar-refractivity contribution < 1.29 is 28.5 Å². The highest BCUT2D eigenvalue weighted by Crippen LogP contribution is 2.32. The van der Waals surface area contributed by atoms with Gasteiger partial charge < -0.3 is 29.4 Å². The normalized spacial score (nSPS) is 21.8. The molecule has 0 aromatic heterocycles. The second kappa shape index (κ2) is 16.1. The van der Waals surface area contributed by atoms with E-state index in [4.69, 9.17) is 29.4 Å². The summed E-state index contributed by atoms with van der Waals surface area (Å²) in [7, 11) is 0. The van der Waals surface area contributed by atoms with Crippen LogP contribution in [0.3, 0.4) is 0 Å². The molecule has 1 amide bonds. The van der Waals surface area contributed by atoms with Crippen molar-refractivity contribution in [1.29, 1.82) is 0 Å². The van der Waals surface area contributed by atoms with Gasteiger partial charge in [-0.3, -0.25) is 4.79 Å². The van der Waals surface area contributed by atoms with Crippen LogP contribution in [0.1, 0.15) is 28.7 Å². The summed E-state index contributed by atoms with van der Waals surface area (Å²) < 4.78 is 32.5. The lowest BCUT2D eigenvalue weighted by molar-refractivity contribution is -0.272. The van der Waals surface area contributed by atoms with Gasteiger partial charge in [0.1, 0.15) is 24.4 Å². The lowest BCUT2D eigenvalue weighted by Gasteiger charge is -2.46. The summed E-state index contributed by atoms with van der Waals surface area (Å²) in [6, 6.07) is 39.8. The van der Waals surface area contributed by atoms with Crippen LogP contribution in [0.25, 0.3) is 0 Å². The van der Waals surface area contributed by atoms with Gasteiger partial charge in [0.15, 0.2) is 0 Å². The Bertz CT molecular complexity index is 1360. The highest BCUT2D eigenvalue weighted by molar-refractivity contribution is 5.74. The van der Waals surface area contributed by atoms with Gasteiger partial charge in [0.2, 0.25) is 5.91 Å². The fourth-order valence-corrected chi connectivity index (χ4v) is 5.25. The van der Waals surface area contributed by atoms with Crippen LogP contribution in [-0.4, -0.2) is 43.0 Å². The zero-order valence-electron chi connectivity index (χ0n) is 24.2. The van der Waals surface area contributed by atoms with Crippen LogP contribution in [0.2, 0.25) is 0 Å². The first-order chi connectivity index (χ1) is 21.2. The minimum Gasteiger partial charge on any atom is -0.374 e. The second-order valence-electron chi connectivity index (χ2n) is 10.7. The Morgan fingerprint density at radius 2 is 0.907 bits per heavy atom. The third kappa shape index (κ3) is 9.32. The molecule has 0 saturated carbocycles. The Balaban J connectivity index is 1.42. The first-order valence-electron chi connectivity index (χ1n) is 14.7. The largest absolute Gasteiger partial charge is 0.374 e. The highest BCUT2D eigenvalue weighted by Gasteiger charge is 2.48. The molecule has 5 atom stereocenters. The summed E-state index contributed by atoms with van der Waals surface area (Å²) in [5.74, 6) is -0.479. The van der Waals surface area contributed by atoms with Gasteiger partial charge in [-0.2, -0.15) is 0 Å². The summed E-state index contributed by atoms with van der Waals surface area (Å²) in [4.78, 5) is 12.3. The molecule has 4 aromatic carbocycles. The number of rotatable bonds is 15. The summed E-state index contributed by atoms with van der Waals surface area (Å²) >= 11 is 0. The van der Waals surface area contributed by atoms with Gasteiger partial charge in [-0.25, -0.2) is 0 Å². The van der Waals surface area contributed by atoms with Gasteiger partial charge in [0.05, 0.1) is 45.6 Å². The molecule has 1 fully saturated rings. The zero-order chi connectivity index (χ0) is 29.7. The van der Waals surface area contributed by atoms with E-state index in [9.17, 15) is 4.79 Å². The number of hydrogen-bond donors (Lipinski definition) is 1. The van der Waals surface area contributed by atoms with Crippen molar-refractivity contribution >= 4 is 5.91 Å². The predicted molar refractivity (Wildman–Crippen MR) is 164 cm³/mol. The molecular weight excluding hydrogens is 542 g/mol. The molecule has 5 rings (SSSR count). The topological polar surface area (TPSA) is 89.2 Å². The third-order valence-electron chi connectivity index (χ3n) is 7.38. The summed E-state index contributed by atoms with van der Waals surface area (Å²) in [6.07, 6.45) is -2.95. The van der Waals surface area contributed by atoms with Crippen molar-refractivity contribution in [2.75, 3.05) is 6.61 Å². The molecule has 0 bridgehead atoms. The number of nitrogens with two attached hydrogens (primary N) is 1. The molecule has 1 aliphatic rings. The lowest BCUT2D eigenvalue weighted by Crippen LogP contribution is -2.61. The van der Waals surface area contributed by atoms with E-state index < -0.39 is 36.4 Å². The number of benzene rings is 4. The third-order valence-corrected chi connectivity index (χ3v) is 7.38. The molecule has 1 saturated heterocycles. The minimum absolute atomic E-state index is 0.0226. The molecule has 7 heteroatoms. The van der Waals surface area contributed by atoms with Gasteiger partial charge in [-0.1, -0.05) is 121 Å². The number of amides is 1. The fraction of sp³-hybridized carbons (Fsp3) is 0.306. The maximum absolute atomic E-state index is 12.3. The molecule has 0 aliphatic carbocycles. The van der Waals surface area contributed by atoms with Gasteiger partial charge in [-0.05, 0) is 22.3 Å². The van der Waals surface area contributed by atoms with Crippen molar-refractivity contribution in [2.24, 2.45) is 5.73 Å². The van der Waals surface area contributed by atoms with Gasteiger partial charge in [0, 0.05) is 0 Å². The smallest absolute Gasteiger partial charge is 0.220 e. The van der Waals surface area contributed by atoms with E-state index in [-0.39, 0.29) is 13.0 Å². The van der Waals surface area contributed by atoms with Crippen molar-refractivity contribution in [2.45, 2.75) is 63.4 Å². The number of hydrogen-bond acceptors (Lipinski definition) is 6. The predicted octanol–water partition coefficient (Wildman–Crippen LogP) is 5.60. The second-order valence-corrected chi connectivity index (χ2v) is 10.7. The molecule has 0 radical (unpaired) electrons. The molecule has 7 nitrogen and oxygen atoms in total. The van der Waals surface area contributed by atoms with Crippen LogP contribution < -0.4 is 5.73 Å². The van der Waals surface area contributed by atoms with Crippen LogP contribution in [0.15, 0.2) is 121 Å². The highest BCUT2D eigenvalue weighted by atomic mass is 16.6. The van der Waals surface area contributed by atoms with E-state index in [1.165, 1.54) is 0 Å². The Kier molecular flexibility index (Phi) is 11.5. The van der Waals surface area contributed by atoms with Crippen molar-refractivity contribution in [1.82, 2.24) is 0 Å². The first-order valence-corrected chi connectivity index (χ1v) is 14.7. The minimum atomic E-state index is -0.649. The maximum atomic E-state index is 12.3. The van der Waals surface area contributed by atoms with Crippen LogP contribution >= 0.6 is 0 Å². The molecular formula is C36H39NO6. The van der Waals surface area contributed by atoms with E-state index in [0.29, 0.717) is 26.4 Å². The van der Waals surface area contributed by atoms with Gasteiger partial charge in [-0.15, -0.1) is 0 Å². The molecule has 0 spiro atoms. The molecule has 1 aliphatic heterocycles. The monoisotopic (exact) mass is 581 g/mol. The Labute approximate surface area is 253 Å². The Morgan fingerprint density at radius 3 is 1.33 bits per heavy atom. The molecule has 0 unspecified atom stereocenters. The van der Waals surface area contributed by atoms with Crippen LogP contribution in [0.4, 0.5) is 0 Å². The van der Waals surface area contributed by atoms with Gasteiger partial charge >= 0.3 is 0 Å². The Morgan fingerprint density at radius 1 is 0.535 bits per heavy atom. The van der Waals surface area contributed by atoms with E-state index in [1.807, 2.05) is 121 Å². The van der Waals surface area contributed by atoms with Crippen molar-refractivity contribution in [3.8, 4) is 0 Å². The van der Waals surface area contributed by atoms with Crippen molar-refractivity contribution in [3.05, 3.63) is 144 Å². The summed E-state index contributed by atoms with van der Waals surface area (Å²) in [5.41, 5.74) is 9.80. The quantitative estimate of drug-likeness (QED) is 0.197. The first kappa shape index (κ1) is 30.6. The van der Waals surface area contributed by atoms with Crippen LogP contribution in [0, 0.1) is 0 Å². The maximum Gasteiger partial charge on any atom is 0.220 e. The van der Waals surface area contributed by atoms with Gasteiger partial charge in [0.25, 0.3) is 0 Å². The zero-order valence-corrected chi connectivity index (χ0v) is 24.2. The molecule has 4 aromatic rings. The van der Waals surface area contributed by atoms with E-state index in [1.54, 1.807) is 0 Å². The fourth-order valence-electron chi connectivity index (χ4n) is 5.25. The van der Waals surface area contributed by atoms with E-state index in [2.05, 4.69) is 0 Å². The number of primary amides is 1. The summed E-state index contributed by atoms with van der Waals surface area (Å²) in [6.45, 7) is 1.65. The van der Waals surface area contributed by atoms with Crippen LogP contribution in [0.5, 0.6) is 0 Å². The van der Waals surface area contributed by atoms with Crippen LogP contribution in [-0.2, 0) is 54.9 Å². The SMILES string of the molecule is NC(=O)C[C@H]1O[C@H](COCc2ccccc2)[C@@H](OCc2ccccc2)[C@H](OCc2ccccc2)[C@@H]1OCc1ccccc1. The standard InChI is InChI=1S/C36H39NO6/c37-33(38)21-31-34(40-23-28-15-7-2-8-16-28)36(42-25-30-19-11-4-12-20-30)35(41-24-29-17-9-3-10-18-29)32(43-31)26-39-22-27-13-5-1-6-14-27/h1-20,31-32,34-36H,21-26H2,(H2,37,38)/t31-,32-,34-,35-,36-/m1/s1. The average molecular weight is 582 g/mol. The lowest BCUT2D eigenvalue weighted by atomic mass is 9.92. The number of carbonyl (C=O) groups excluding carboxylic acids is 1. The van der Waals surface area contributed by atoms with E-state index >= 15 is 0 Å². The molecule has 43 heavy (non-hydrogen) atoms. The molecule has 2 N–H and O–H groups in total. The molecule has 1 heterocycles.